The van der Waals surface area contributed by atoms with Gasteiger partial charge >= 0.3 is 0 Å². The van der Waals surface area contributed by atoms with Gasteiger partial charge in [0, 0.05) is 19.1 Å². The molecule has 0 bridgehead atoms. The Hall–Kier alpha value is -0.900. The molecule has 1 unspecified atom stereocenters. The lowest BCUT2D eigenvalue weighted by molar-refractivity contribution is -0.0107. The number of benzene rings is 1. The van der Waals surface area contributed by atoms with Crippen LogP contribution in [0.3, 0.4) is 0 Å². The summed E-state index contributed by atoms with van der Waals surface area (Å²) in [6.45, 7) is 8.20. The molecule has 1 atom stereocenters. The molecule has 0 heterocycles. The van der Waals surface area contributed by atoms with E-state index in [-0.39, 0.29) is 6.10 Å². The minimum absolute atomic E-state index is 0.176. The van der Waals surface area contributed by atoms with E-state index in [0.29, 0.717) is 19.2 Å². The molecule has 0 radical (unpaired) electrons. The van der Waals surface area contributed by atoms with E-state index in [0.717, 1.165) is 6.54 Å². The molecule has 0 spiro atoms. The molecule has 1 saturated carbocycles. The molecule has 0 amide bonds. The van der Waals surface area contributed by atoms with Crippen LogP contribution >= 0.6 is 0 Å². The third kappa shape index (κ3) is 4.89. The van der Waals surface area contributed by atoms with Gasteiger partial charge in [0.2, 0.25) is 0 Å². The van der Waals surface area contributed by atoms with Crippen molar-refractivity contribution in [3.8, 4) is 0 Å². The highest BCUT2D eigenvalue weighted by molar-refractivity contribution is 5.25. The van der Waals surface area contributed by atoms with Crippen LogP contribution in [-0.2, 0) is 11.3 Å². The lowest BCUT2D eigenvalue weighted by Gasteiger charge is -2.26. The molecule has 1 aliphatic carbocycles. The normalized spacial score (nSPS) is 16.9. The first-order chi connectivity index (χ1) is 9.56. The Morgan fingerprint density at radius 2 is 2.00 bits per heavy atom. The summed E-state index contributed by atoms with van der Waals surface area (Å²) in [5.41, 5.74) is 2.68. The number of hydrogen-bond donors (Lipinski definition) is 1. The summed E-state index contributed by atoms with van der Waals surface area (Å²) in [7, 11) is 0. The summed E-state index contributed by atoms with van der Waals surface area (Å²) in [6, 6.07) is 9.14. The van der Waals surface area contributed by atoms with Gasteiger partial charge in [-0.25, -0.2) is 0 Å². The zero-order valence-corrected chi connectivity index (χ0v) is 12.9. The van der Waals surface area contributed by atoms with Crippen LogP contribution in [0.2, 0.25) is 0 Å². The molecular formula is C17H27NO2. The number of aliphatic hydroxyl groups is 1. The molecule has 1 aromatic rings. The SMILES string of the molecule is Cc1ccccc1CN(CC(O)COC(C)C)C1CC1. The Morgan fingerprint density at radius 1 is 1.30 bits per heavy atom. The van der Waals surface area contributed by atoms with E-state index < -0.39 is 6.10 Å². The lowest BCUT2D eigenvalue weighted by Crippen LogP contribution is -2.36. The van der Waals surface area contributed by atoms with Gasteiger partial charge < -0.3 is 9.84 Å². The molecule has 112 valence electrons. The van der Waals surface area contributed by atoms with E-state index in [1.54, 1.807) is 0 Å². The van der Waals surface area contributed by atoms with E-state index in [2.05, 4.69) is 36.1 Å². The van der Waals surface area contributed by atoms with Crippen LogP contribution < -0.4 is 0 Å². The third-order valence-corrected chi connectivity index (χ3v) is 3.77. The molecule has 1 N–H and O–H groups in total. The monoisotopic (exact) mass is 277 g/mol. The van der Waals surface area contributed by atoms with Gasteiger partial charge in [0.25, 0.3) is 0 Å². The Morgan fingerprint density at radius 3 is 2.60 bits per heavy atom. The van der Waals surface area contributed by atoms with Gasteiger partial charge in [-0.3, -0.25) is 4.90 Å². The number of nitrogens with zero attached hydrogens (tertiary/aromatic N) is 1. The minimum Gasteiger partial charge on any atom is -0.389 e. The first kappa shape index (κ1) is 15.5. The van der Waals surface area contributed by atoms with Crippen LogP contribution in [0.5, 0.6) is 0 Å². The van der Waals surface area contributed by atoms with Crippen molar-refractivity contribution in [1.29, 1.82) is 0 Å². The minimum atomic E-state index is -0.401. The number of rotatable bonds is 8. The second-order valence-electron chi connectivity index (χ2n) is 6.12. The molecule has 20 heavy (non-hydrogen) atoms. The highest BCUT2D eigenvalue weighted by Gasteiger charge is 2.30. The van der Waals surface area contributed by atoms with Crippen molar-refractivity contribution in [3.63, 3.8) is 0 Å². The van der Waals surface area contributed by atoms with Crippen molar-refractivity contribution in [2.45, 2.75) is 58.4 Å². The summed E-state index contributed by atoms with van der Waals surface area (Å²) in [6.07, 6.45) is 2.28. The van der Waals surface area contributed by atoms with Crippen LogP contribution in [0, 0.1) is 6.92 Å². The molecule has 1 aromatic carbocycles. The van der Waals surface area contributed by atoms with Crippen molar-refractivity contribution in [2.75, 3.05) is 13.2 Å². The maximum atomic E-state index is 10.1. The smallest absolute Gasteiger partial charge is 0.0900 e. The van der Waals surface area contributed by atoms with E-state index in [1.165, 1.54) is 24.0 Å². The van der Waals surface area contributed by atoms with Gasteiger partial charge in [0.15, 0.2) is 0 Å². The maximum Gasteiger partial charge on any atom is 0.0900 e. The fourth-order valence-electron chi connectivity index (χ4n) is 2.42. The molecule has 0 aromatic heterocycles. The topological polar surface area (TPSA) is 32.7 Å². The number of ether oxygens (including phenoxy) is 1. The van der Waals surface area contributed by atoms with E-state index in [4.69, 9.17) is 4.74 Å². The second kappa shape index (κ2) is 7.21. The quantitative estimate of drug-likeness (QED) is 0.793. The molecule has 1 aliphatic rings. The van der Waals surface area contributed by atoms with Gasteiger partial charge in [-0.15, -0.1) is 0 Å². The lowest BCUT2D eigenvalue weighted by atomic mass is 10.1. The number of aryl methyl sites for hydroxylation is 1. The molecule has 2 rings (SSSR count). The highest BCUT2D eigenvalue weighted by atomic mass is 16.5. The molecule has 0 aliphatic heterocycles. The van der Waals surface area contributed by atoms with Crippen molar-refractivity contribution < 1.29 is 9.84 Å². The summed E-state index contributed by atoms with van der Waals surface area (Å²) in [5.74, 6) is 0. The fourth-order valence-corrected chi connectivity index (χ4v) is 2.42. The van der Waals surface area contributed by atoms with E-state index >= 15 is 0 Å². The molecule has 1 fully saturated rings. The Balaban J connectivity index is 1.89. The zero-order valence-electron chi connectivity index (χ0n) is 12.9. The largest absolute Gasteiger partial charge is 0.389 e. The van der Waals surface area contributed by atoms with E-state index in [1.807, 2.05) is 13.8 Å². The third-order valence-electron chi connectivity index (χ3n) is 3.77. The van der Waals surface area contributed by atoms with Crippen molar-refractivity contribution in [2.24, 2.45) is 0 Å². The maximum absolute atomic E-state index is 10.1. The van der Waals surface area contributed by atoms with Gasteiger partial charge in [-0.05, 0) is 44.7 Å². The summed E-state index contributed by atoms with van der Waals surface area (Å²) in [5, 5.41) is 10.1. The summed E-state index contributed by atoms with van der Waals surface area (Å²) >= 11 is 0. The predicted molar refractivity (Wildman–Crippen MR) is 81.7 cm³/mol. The standard InChI is InChI=1S/C17H27NO2/c1-13(2)20-12-17(19)11-18(16-8-9-16)10-15-7-5-4-6-14(15)3/h4-7,13,16-17,19H,8-12H2,1-3H3. The van der Waals surface area contributed by atoms with Gasteiger partial charge in [-0.2, -0.15) is 0 Å². The Bertz CT molecular complexity index is 415. The Kier molecular flexibility index (Phi) is 5.58. The zero-order chi connectivity index (χ0) is 14.5. The first-order valence-electron chi connectivity index (χ1n) is 7.64. The number of aliphatic hydroxyl groups excluding tert-OH is 1. The van der Waals surface area contributed by atoms with Gasteiger partial charge in [-0.1, -0.05) is 24.3 Å². The van der Waals surface area contributed by atoms with Gasteiger partial charge in [0.05, 0.1) is 18.8 Å². The van der Waals surface area contributed by atoms with Crippen LogP contribution in [0.1, 0.15) is 37.8 Å². The van der Waals surface area contributed by atoms with Crippen LogP contribution in [-0.4, -0.2) is 41.4 Å². The van der Waals surface area contributed by atoms with Crippen molar-refractivity contribution in [3.05, 3.63) is 35.4 Å². The van der Waals surface area contributed by atoms with Gasteiger partial charge in [0.1, 0.15) is 0 Å². The number of hydrogen-bond acceptors (Lipinski definition) is 3. The average Bonchev–Trinajstić information content (AvgIpc) is 3.22. The predicted octanol–water partition coefficient (Wildman–Crippen LogP) is 2.75. The van der Waals surface area contributed by atoms with Crippen LogP contribution in [0.15, 0.2) is 24.3 Å². The molecule has 3 nitrogen and oxygen atoms in total. The van der Waals surface area contributed by atoms with Crippen LogP contribution in [0.4, 0.5) is 0 Å². The van der Waals surface area contributed by atoms with Crippen LogP contribution in [0.25, 0.3) is 0 Å². The first-order valence-corrected chi connectivity index (χ1v) is 7.64. The summed E-state index contributed by atoms with van der Waals surface area (Å²) in [4.78, 5) is 2.40. The fraction of sp³-hybridized carbons (Fsp3) is 0.647. The second-order valence-corrected chi connectivity index (χ2v) is 6.12. The van der Waals surface area contributed by atoms with Crippen molar-refractivity contribution >= 4 is 0 Å². The Labute approximate surface area is 122 Å². The van der Waals surface area contributed by atoms with Crippen molar-refractivity contribution in [1.82, 2.24) is 4.90 Å². The summed E-state index contributed by atoms with van der Waals surface area (Å²) < 4.78 is 5.50. The molecule has 0 saturated heterocycles. The van der Waals surface area contributed by atoms with E-state index in [9.17, 15) is 5.11 Å². The molecular weight excluding hydrogens is 250 g/mol. The average molecular weight is 277 g/mol. The molecule has 3 heteroatoms. The highest BCUT2D eigenvalue weighted by Crippen LogP contribution is 2.29.